The van der Waals surface area contributed by atoms with Gasteiger partial charge in [0.05, 0.1) is 25.5 Å². The average molecular weight is 554 g/mol. The summed E-state index contributed by atoms with van der Waals surface area (Å²) < 4.78 is 33.3. The number of rotatable bonds is 11. The molecule has 0 saturated carbocycles. The SMILES string of the molecule is CCNC(=NCCOCCS(C)(=O)=O)N1CCN(CCOc2ccccc2)CC1.I. The molecule has 0 spiro atoms. The molecule has 8 nitrogen and oxygen atoms in total. The summed E-state index contributed by atoms with van der Waals surface area (Å²) in [7, 11) is -2.98. The van der Waals surface area contributed by atoms with Gasteiger partial charge in [-0.3, -0.25) is 9.89 Å². The summed E-state index contributed by atoms with van der Waals surface area (Å²) in [6, 6.07) is 9.89. The van der Waals surface area contributed by atoms with E-state index in [2.05, 4.69) is 27.0 Å². The normalized spacial score (nSPS) is 15.5. The van der Waals surface area contributed by atoms with Crippen molar-refractivity contribution in [1.82, 2.24) is 15.1 Å². The smallest absolute Gasteiger partial charge is 0.194 e. The van der Waals surface area contributed by atoms with Crippen LogP contribution in [0.1, 0.15) is 6.92 Å². The Morgan fingerprint density at radius 2 is 1.80 bits per heavy atom. The van der Waals surface area contributed by atoms with E-state index in [1.807, 2.05) is 30.3 Å². The number of guanidine groups is 1. The van der Waals surface area contributed by atoms with Crippen molar-refractivity contribution in [3.63, 3.8) is 0 Å². The van der Waals surface area contributed by atoms with Crippen molar-refractivity contribution in [3.8, 4) is 5.75 Å². The maximum absolute atomic E-state index is 11.1. The molecule has 0 aromatic heterocycles. The fraction of sp³-hybridized carbons (Fsp3) is 0.650. The molecule has 0 radical (unpaired) electrons. The maximum atomic E-state index is 11.1. The van der Waals surface area contributed by atoms with E-state index in [0.29, 0.717) is 19.8 Å². The second kappa shape index (κ2) is 14.8. The molecule has 1 aliphatic heterocycles. The number of hydrogen-bond acceptors (Lipinski definition) is 6. The van der Waals surface area contributed by atoms with Crippen LogP contribution in [0.2, 0.25) is 0 Å². The third-order valence-corrected chi connectivity index (χ3v) is 5.43. The van der Waals surface area contributed by atoms with Crippen LogP contribution < -0.4 is 10.1 Å². The van der Waals surface area contributed by atoms with E-state index in [1.54, 1.807) is 0 Å². The molecule has 1 aromatic carbocycles. The van der Waals surface area contributed by atoms with Gasteiger partial charge in [0.2, 0.25) is 0 Å². The van der Waals surface area contributed by atoms with E-state index in [1.165, 1.54) is 6.26 Å². The number of para-hydroxylation sites is 1. The summed E-state index contributed by atoms with van der Waals surface area (Å²) in [6.07, 6.45) is 1.21. The molecule has 2 rings (SSSR count). The number of hydrogen-bond donors (Lipinski definition) is 1. The summed E-state index contributed by atoms with van der Waals surface area (Å²) in [5, 5.41) is 3.33. The Hall–Kier alpha value is -1.11. The number of sulfone groups is 1. The number of piperazine rings is 1. The topological polar surface area (TPSA) is 83.5 Å². The van der Waals surface area contributed by atoms with Gasteiger partial charge in [-0.25, -0.2) is 8.42 Å². The molecule has 0 amide bonds. The van der Waals surface area contributed by atoms with Crippen LogP contribution in [0, 0.1) is 0 Å². The lowest BCUT2D eigenvalue weighted by molar-refractivity contribution is 0.149. The summed E-state index contributed by atoms with van der Waals surface area (Å²) in [6.45, 7) is 9.34. The first-order valence-electron chi connectivity index (χ1n) is 10.2. The first kappa shape index (κ1) is 26.9. The third-order valence-electron chi connectivity index (χ3n) is 4.52. The van der Waals surface area contributed by atoms with Gasteiger partial charge in [-0.15, -0.1) is 24.0 Å². The van der Waals surface area contributed by atoms with Gasteiger partial charge >= 0.3 is 0 Å². The molecular formula is C20H35IN4O4S. The van der Waals surface area contributed by atoms with Crippen molar-refractivity contribution < 1.29 is 17.9 Å². The Morgan fingerprint density at radius 1 is 1.10 bits per heavy atom. The van der Waals surface area contributed by atoms with Gasteiger partial charge in [-0.1, -0.05) is 18.2 Å². The standard InChI is InChI=1S/C20H34N4O4S.HI/c1-3-21-20(22-9-15-27-17-18-29(2,25)26)24-12-10-23(11-13-24)14-16-28-19-7-5-4-6-8-19;/h4-8H,3,9-18H2,1-2H3,(H,21,22);1H. The quantitative estimate of drug-likeness (QED) is 0.191. The molecule has 172 valence electrons. The predicted molar refractivity (Wildman–Crippen MR) is 132 cm³/mol. The van der Waals surface area contributed by atoms with Crippen LogP contribution in [0.5, 0.6) is 5.75 Å². The molecule has 1 fully saturated rings. The lowest BCUT2D eigenvalue weighted by Gasteiger charge is -2.36. The minimum Gasteiger partial charge on any atom is -0.492 e. The van der Waals surface area contributed by atoms with Crippen LogP contribution in [0.25, 0.3) is 0 Å². The predicted octanol–water partition coefficient (Wildman–Crippen LogP) is 1.33. The number of benzene rings is 1. The van der Waals surface area contributed by atoms with E-state index in [9.17, 15) is 8.42 Å². The van der Waals surface area contributed by atoms with E-state index in [0.717, 1.165) is 51.0 Å². The Bertz CT molecular complexity index is 711. The number of aliphatic imine (C=N–C) groups is 1. The third kappa shape index (κ3) is 11.3. The molecule has 1 aromatic rings. The van der Waals surface area contributed by atoms with Gasteiger partial charge in [0.15, 0.2) is 5.96 Å². The fourth-order valence-corrected chi connectivity index (χ4v) is 3.37. The maximum Gasteiger partial charge on any atom is 0.194 e. The molecule has 1 aliphatic rings. The Kier molecular flexibility index (Phi) is 13.3. The molecule has 1 N–H and O–H groups in total. The molecule has 1 saturated heterocycles. The molecule has 1 heterocycles. The van der Waals surface area contributed by atoms with Gasteiger partial charge < -0.3 is 19.7 Å². The van der Waals surface area contributed by atoms with Crippen LogP contribution in [0.4, 0.5) is 0 Å². The van der Waals surface area contributed by atoms with Crippen molar-refractivity contribution in [2.75, 3.05) is 77.6 Å². The van der Waals surface area contributed by atoms with E-state index in [4.69, 9.17) is 9.47 Å². The van der Waals surface area contributed by atoms with E-state index < -0.39 is 9.84 Å². The van der Waals surface area contributed by atoms with Crippen molar-refractivity contribution in [1.29, 1.82) is 0 Å². The van der Waals surface area contributed by atoms with Crippen LogP contribution in [-0.4, -0.2) is 102 Å². The van der Waals surface area contributed by atoms with Crippen molar-refractivity contribution in [2.45, 2.75) is 6.92 Å². The Morgan fingerprint density at radius 3 is 2.43 bits per heavy atom. The Labute approximate surface area is 197 Å². The van der Waals surface area contributed by atoms with Crippen molar-refractivity contribution in [3.05, 3.63) is 30.3 Å². The second-order valence-electron chi connectivity index (χ2n) is 6.97. The van der Waals surface area contributed by atoms with E-state index in [-0.39, 0.29) is 36.3 Å². The molecular weight excluding hydrogens is 519 g/mol. The molecule has 30 heavy (non-hydrogen) atoms. The van der Waals surface area contributed by atoms with Crippen LogP contribution in [0.3, 0.4) is 0 Å². The largest absolute Gasteiger partial charge is 0.492 e. The van der Waals surface area contributed by atoms with Crippen LogP contribution in [-0.2, 0) is 14.6 Å². The molecule has 0 aliphatic carbocycles. The van der Waals surface area contributed by atoms with E-state index >= 15 is 0 Å². The van der Waals surface area contributed by atoms with Gasteiger partial charge in [0.25, 0.3) is 0 Å². The number of nitrogens with one attached hydrogen (secondary N) is 1. The van der Waals surface area contributed by atoms with Gasteiger partial charge in [0.1, 0.15) is 22.2 Å². The zero-order chi connectivity index (χ0) is 21.0. The minimum absolute atomic E-state index is 0. The number of ether oxygens (including phenoxy) is 2. The lowest BCUT2D eigenvalue weighted by Crippen LogP contribution is -2.53. The number of nitrogens with zero attached hydrogens (tertiary/aromatic N) is 3. The Balaban J connectivity index is 0.00000450. The summed E-state index contributed by atoms with van der Waals surface area (Å²) in [5.74, 6) is 1.85. The van der Waals surface area contributed by atoms with Crippen LogP contribution in [0.15, 0.2) is 35.3 Å². The minimum atomic E-state index is -2.98. The number of halogens is 1. The molecule has 10 heteroatoms. The monoisotopic (exact) mass is 554 g/mol. The highest BCUT2D eigenvalue weighted by molar-refractivity contribution is 14.0. The molecule has 0 bridgehead atoms. The zero-order valence-corrected chi connectivity index (χ0v) is 21.1. The highest BCUT2D eigenvalue weighted by Crippen LogP contribution is 2.08. The first-order valence-corrected chi connectivity index (χ1v) is 12.2. The van der Waals surface area contributed by atoms with Gasteiger partial charge in [-0.05, 0) is 19.1 Å². The highest BCUT2D eigenvalue weighted by atomic mass is 127. The van der Waals surface area contributed by atoms with Gasteiger partial charge in [-0.2, -0.15) is 0 Å². The van der Waals surface area contributed by atoms with Crippen molar-refractivity contribution >= 4 is 39.8 Å². The van der Waals surface area contributed by atoms with Crippen molar-refractivity contribution in [2.24, 2.45) is 4.99 Å². The average Bonchev–Trinajstić information content (AvgIpc) is 2.70. The summed E-state index contributed by atoms with van der Waals surface area (Å²) in [5.41, 5.74) is 0. The fourth-order valence-electron chi connectivity index (χ4n) is 2.95. The first-order chi connectivity index (χ1) is 14.0. The molecule has 0 unspecified atom stereocenters. The van der Waals surface area contributed by atoms with Gasteiger partial charge in [0, 0.05) is 45.5 Å². The summed E-state index contributed by atoms with van der Waals surface area (Å²) >= 11 is 0. The lowest BCUT2D eigenvalue weighted by atomic mass is 10.3. The highest BCUT2D eigenvalue weighted by Gasteiger charge is 2.19. The second-order valence-corrected chi connectivity index (χ2v) is 9.23. The molecule has 0 atom stereocenters. The van der Waals surface area contributed by atoms with Crippen LogP contribution >= 0.6 is 24.0 Å². The zero-order valence-electron chi connectivity index (χ0n) is 18.0. The summed E-state index contributed by atoms with van der Waals surface area (Å²) in [4.78, 5) is 9.27.